The molecule has 4 heteroatoms. The molecule has 0 heterocycles. The maximum atomic E-state index is 12.2. The van der Waals surface area contributed by atoms with E-state index in [9.17, 15) is 4.79 Å². The van der Waals surface area contributed by atoms with Crippen LogP contribution in [0.5, 0.6) is 5.75 Å². The summed E-state index contributed by atoms with van der Waals surface area (Å²) in [4.78, 5) is 12.2. The molecular weight excluding hydrogens is 288 g/mol. The van der Waals surface area contributed by atoms with Crippen LogP contribution in [0.25, 0.3) is 0 Å². The van der Waals surface area contributed by atoms with Gasteiger partial charge in [-0.25, -0.2) is 0 Å². The molecule has 4 nitrogen and oxygen atoms in total. The van der Waals surface area contributed by atoms with Crippen LogP contribution in [-0.2, 0) is 24.1 Å². The van der Waals surface area contributed by atoms with Crippen LogP contribution < -0.4 is 15.8 Å². The van der Waals surface area contributed by atoms with Gasteiger partial charge in [0.15, 0.2) is 0 Å². The van der Waals surface area contributed by atoms with E-state index < -0.39 is 0 Å². The van der Waals surface area contributed by atoms with Crippen LogP contribution in [0.15, 0.2) is 42.5 Å². The Kier molecular flexibility index (Phi) is 4.93. The molecule has 0 spiro atoms. The molecule has 3 N–H and O–H groups in total. The SMILES string of the molecule is NCCOc1ccc(NC(=O)Cc2ccc3c(c2)CCC3)cc1. The van der Waals surface area contributed by atoms with E-state index in [-0.39, 0.29) is 5.91 Å². The molecule has 0 bridgehead atoms. The zero-order chi connectivity index (χ0) is 16.1. The lowest BCUT2D eigenvalue weighted by molar-refractivity contribution is -0.115. The topological polar surface area (TPSA) is 64.3 Å². The summed E-state index contributed by atoms with van der Waals surface area (Å²) in [5, 5.41) is 2.92. The third-order valence-corrected chi connectivity index (χ3v) is 4.05. The number of amides is 1. The third kappa shape index (κ3) is 4.11. The molecule has 1 aliphatic rings. The molecule has 0 fully saturated rings. The quantitative estimate of drug-likeness (QED) is 0.862. The van der Waals surface area contributed by atoms with Gasteiger partial charge >= 0.3 is 0 Å². The molecule has 0 unspecified atom stereocenters. The van der Waals surface area contributed by atoms with Gasteiger partial charge in [0, 0.05) is 12.2 Å². The van der Waals surface area contributed by atoms with Gasteiger partial charge in [-0.05, 0) is 60.2 Å². The van der Waals surface area contributed by atoms with Crippen molar-refractivity contribution in [3.05, 3.63) is 59.2 Å². The lowest BCUT2D eigenvalue weighted by Gasteiger charge is -2.08. The Morgan fingerprint density at radius 3 is 2.65 bits per heavy atom. The summed E-state index contributed by atoms with van der Waals surface area (Å²) < 4.78 is 5.42. The van der Waals surface area contributed by atoms with Crippen molar-refractivity contribution < 1.29 is 9.53 Å². The second-order valence-electron chi connectivity index (χ2n) is 5.84. The predicted octanol–water partition coefficient (Wildman–Crippen LogP) is 2.69. The van der Waals surface area contributed by atoms with E-state index in [0.29, 0.717) is 19.6 Å². The minimum absolute atomic E-state index is 0.00132. The summed E-state index contributed by atoms with van der Waals surface area (Å²) in [5.41, 5.74) is 10.1. The van der Waals surface area contributed by atoms with E-state index in [2.05, 4.69) is 23.5 Å². The summed E-state index contributed by atoms with van der Waals surface area (Å²) in [7, 11) is 0. The lowest BCUT2D eigenvalue weighted by atomic mass is 10.0. The molecular formula is C19H22N2O2. The summed E-state index contributed by atoms with van der Waals surface area (Å²) in [6.07, 6.45) is 3.93. The van der Waals surface area contributed by atoms with Gasteiger partial charge < -0.3 is 15.8 Å². The largest absolute Gasteiger partial charge is 0.492 e. The van der Waals surface area contributed by atoms with Crippen molar-refractivity contribution in [2.24, 2.45) is 5.73 Å². The van der Waals surface area contributed by atoms with Crippen LogP contribution in [0.3, 0.4) is 0 Å². The standard InChI is InChI=1S/C19H22N2O2/c20-10-11-23-18-8-6-17(7-9-18)21-19(22)13-14-4-5-15-2-1-3-16(15)12-14/h4-9,12H,1-3,10-11,13,20H2,(H,21,22). The number of hydrogen-bond acceptors (Lipinski definition) is 3. The van der Waals surface area contributed by atoms with E-state index in [1.54, 1.807) is 0 Å². The van der Waals surface area contributed by atoms with Crippen molar-refractivity contribution in [3.8, 4) is 5.75 Å². The Hall–Kier alpha value is -2.33. The second kappa shape index (κ2) is 7.29. The fraction of sp³-hybridized carbons (Fsp3) is 0.316. The van der Waals surface area contributed by atoms with Gasteiger partial charge in [-0.2, -0.15) is 0 Å². The summed E-state index contributed by atoms with van der Waals surface area (Å²) in [5.74, 6) is 0.755. The van der Waals surface area contributed by atoms with Crippen LogP contribution in [0.2, 0.25) is 0 Å². The van der Waals surface area contributed by atoms with Gasteiger partial charge in [0.2, 0.25) is 5.91 Å². The zero-order valence-electron chi connectivity index (χ0n) is 13.2. The Bertz CT molecular complexity index is 680. The van der Waals surface area contributed by atoms with Crippen molar-refractivity contribution in [3.63, 3.8) is 0 Å². The normalized spacial score (nSPS) is 12.7. The molecule has 0 saturated carbocycles. The van der Waals surface area contributed by atoms with Crippen LogP contribution in [0, 0.1) is 0 Å². The molecule has 0 aromatic heterocycles. The third-order valence-electron chi connectivity index (χ3n) is 4.05. The average Bonchev–Trinajstić information content (AvgIpc) is 3.02. The Balaban J connectivity index is 1.56. The number of hydrogen-bond donors (Lipinski definition) is 2. The van der Waals surface area contributed by atoms with Gasteiger partial charge in [0.25, 0.3) is 0 Å². The van der Waals surface area contributed by atoms with Crippen molar-refractivity contribution in [1.82, 2.24) is 0 Å². The molecule has 1 amide bonds. The first kappa shape index (κ1) is 15.6. The molecule has 23 heavy (non-hydrogen) atoms. The minimum Gasteiger partial charge on any atom is -0.492 e. The maximum absolute atomic E-state index is 12.2. The molecule has 0 aliphatic heterocycles. The molecule has 3 rings (SSSR count). The number of fused-ring (bicyclic) bond motifs is 1. The average molecular weight is 310 g/mol. The van der Waals surface area contributed by atoms with E-state index in [4.69, 9.17) is 10.5 Å². The maximum Gasteiger partial charge on any atom is 0.228 e. The Morgan fingerprint density at radius 2 is 1.87 bits per heavy atom. The number of rotatable bonds is 6. The number of ether oxygens (including phenoxy) is 1. The predicted molar refractivity (Wildman–Crippen MR) is 91.8 cm³/mol. The fourth-order valence-electron chi connectivity index (χ4n) is 2.94. The van der Waals surface area contributed by atoms with Gasteiger partial charge in [0.1, 0.15) is 12.4 Å². The number of carbonyl (C=O) groups excluding carboxylic acids is 1. The number of nitrogens with two attached hydrogens (primary N) is 1. The highest BCUT2D eigenvalue weighted by Gasteiger charge is 2.12. The van der Waals surface area contributed by atoms with Crippen molar-refractivity contribution in [2.45, 2.75) is 25.7 Å². The first-order chi connectivity index (χ1) is 11.2. The van der Waals surface area contributed by atoms with Gasteiger partial charge in [0.05, 0.1) is 6.42 Å². The number of benzene rings is 2. The zero-order valence-corrected chi connectivity index (χ0v) is 13.2. The molecule has 1 aliphatic carbocycles. The highest BCUT2D eigenvalue weighted by atomic mass is 16.5. The van der Waals surface area contributed by atoms with Crippen LogP contribution >= 0.6 is 0 Å². The summed E-state index contributed by atoms with van der Waals surface area (Å²) in [6.45, 7) is 0.975. The molecule has 2 aromatic rings. The van der Waals surface area contributed by atoms with Gasteiger partial charge in [-0.3, -0.25) is 4.79 Å². The van der Waals surface area contributed by atoms with E-state index >= 15 is 0 Å². The van der Waals surface area contributed by atoms with Crippen LogP contribution in [0.4, 0.5) is 5.69 Å². The number of carbonyl (C=O) groups is 1. The van der Waals surface area contributed by atoms with Gasteiger partial charge in [-0.1, -0.05) is 18.2 Å². The minimum atomic E-state index is -0.00132. The Labute approximate surface area is 136 Å². The first-order valence-corrected chi connectivity index (χ1v) is 8.08. The number of nitrogens with one attached hydrogen (secondary N) is 1. The number of anilines is 1. The number of aryl methyl sites for hydroxylation is 2. The molecule has 2 aromatic carbocycles. The van der Waals surface area contributed by atoms with Crippen LogP contribution in [-0.4, -0.2) is 19.1 Å². The lowest BCUT2D eigenvalue weighted by Crippen LogP contribution is -2.14. The Morgan fingerprint density at radius 1 is 1.09 bits per heavy atom. The monoisotopic (exact) mass is 310 g/mol. The smallest absolute Gasteiger partial charge is 0.228 e. The van der Waals surface area contributed by atoms with Gasteiger partial charge in [-0.15, -0.1) is 0 Å². The summed E-state index contributed by atoms with van der Waals surface area (Å²) >= 11 is 0. The van der Waals surface area contributed by atoms with E-state index in [0.717, 1.165) is 23.4 Å². The highest BCUT2D eigenvalue weighted by molar-refractivity contribution is 5.92. The van der Waals surface area contributed by atoms with Crippen molar-refractivity contribution in [2.75, 3.05) is 18.5 Å². The van der Waals surface area contributed by atoms with Crippen molar-refractivity contribution >= 4 is 11.6 Å². The molecule has 0 saturated heterocycles. The van der Waals surface area contributed by atoms with E-state index in [1.807, 2.05) is 24.3 Å². The fourth-order valence-corrected chi connectivity index (χ4v) is 2.94. The molecule has 120 valence electrons. The second-order valence-corrected chi connectivity index (χ2v) is 5.84. The summed E-state index contributed by atoms with van der Waals surface area (Å²) in [6, 6.07) is 13.7. The van der Waals surface area contributed by atoms with E-state index in [1.165, 1.54) is 24.0 Å². The molecule has 0 atom stereocenters. The first-order valence-electron chi connectivity index (χ1n) is 8.08. The highest BCUT2D eigenvalue weighted by Crippen LogP contribution is 2.23. The van der Waals surface area contributed by atoms with Crippen molar-refractivity contribution in [1.29, 1.82) is 0 Å². The molecule has 0 radical (unpaired) electrons. The van der Waals surface area contributed by atoms with Crippen LogP contribution in [0.1, 0.15) is 23.1 Å².